The summed E-state index contributed by atoms with van der Waals surface area (Å²) in [4.78, 5) is 20.1. The molecule has 0 spiro atoms. The highest BCUT2D eigenvalue weighted by molar-refractivity contribution is 7.92. The van der Waals surface area contributed by atoms with Crippen molar-refractivity contribution in [2.45, 2.75) is 41.0 Å². The Kier molecular flexibility index (Phi) is 8.05. The molecule has 8 nitrogen and oxygen atoms in total. The summed E-state index contributed by atoms with van der Waals surface area (Å²) in [6.07, 6.45) is -6.80. The number of sulfone groups is 1. The van der Waals surface area contributed by atoms with E-state index < -0.39 is 70.1 Å². The molecule has 1 aromatic rings. The quantitative estimate of drug-likeness (QED) is 0.283. The number of hydrogen-bond acceptors (Lipinski definition) is 6. The molecule has 0 saturated heterocycles. The van der Waals surface area contributed by atoms with E-state index in [-0.39, 0.29) is 31.3 Å². The third-order valence-electron chi connectivity index (χ3n) is 4.06. The predicted octanol–water partition coefficient (Wildman–Crippen LogP) is 3.13. The van der Waals surface area contributed by atoms with Crippen molar-refractivity contribution in [3.8, 4) is 0 Å². The minimum Gasteiger partial charge on any atom is -0.342 e. The first-order valence-electron chi connectivity index (χ1n) is 8.38. The number of nitro benzene ring substituents is 1. The lowest BCUT2D eigenvalue weighted by molar-refractivity contribution is -0.388. The Morgan fingerprint density at radius 1 is 1.09 bits per heavy atom. The first kappa shape index (κ1) is 27.7. The second-order valence-electron chi connectivity index (χ2n) is 6.07. The Balaban J connectivity index is 3.51. The van der Waals surface area contributed by atoms with Crippen LogP contribution in [-0.2, 0) is 25.4 Å². The van der Waals surface area contributed by atoms with Crippen molar-refractivity contribution < 1.29 is 53.1 Å². The van der Waals surface area contributed by atoms with Crippen molar-refractivity contribution in [1.29, 1.82) is 0 Å². The molecule has 0 radical (unpaired) electrons. The molecule has 0 N–H and O–H groups in total. The van der Waals surface area contributed by atoms with Gasteiger partial charge in [0, 0.05) is 19.2 Å². The van der Waals surface area contributed by atoms with E-state index in [2.05, 4.69) is 0 Å². The van der Waals surface area contributed by atoms with Gasteiger partial charge in [0.2, 0.25) is 5.91 Å². The largest absolute Gasteiger partial charge is 0.461 e. The molecule has 1 amide bonds. The SMILES string of the molecule is CCN(CC)C(=O)CS(=O)(=O)c1ccc(S(=O)C(F)(F)C(F)(F)C(F)(F)F)cc1[N+](=O)[O-]. The van der Waals surface area contributed by atoms with Gasteiger partial charge in [-0.1, -0.05) is 0 Å². The van der Waals surface area contributed by atoms with Gasteiger partial charge in [-0.25, -0.2) is 12.6 Å². The molecule has 1 unspecified atom stereocenters. The van der Waals surface area contributed by atoms with E-state index in [1.165, 1.54) is 13.8 Å². The lowest BCUT2D eigenvalue weighted by atomic mass is 10.3. The standard InChI is InChI=1S/C15H15F7N2O6S2/c1-3-23(4-2)12(25)8-32(29,30)11-6-5-9(7-10(11)24(26)27)31(28)15(21,22)13(16,17)14(18,19)20/h5-7H,3-4,8H2,1-2H3. The Morgan fingerprint density at radius 2 is 1.59 bits per heavy atom. The van der Waals surface area contributed by atoms with Crippen LogP contribution in [0.3, 0.4) is 0 Å². The lowest BCUT2D eigenvalue weighted by Gasteiger charge is -2.27. The van der Waals surface area contributed by atoms with Gasteiger partial charge in [-0.15, -0.1) is 0 Å². The molecular formula is C15H15F7N2O6S2. The summed E-state index contributed by atoms with van der Waals surface area (Å²) in [5.41, 5.74) is -1.53. The van der Waals surface area contributed by atoms with Crippen molar-refractivity contribution in [1.82, 2.24) is 4.90 Å². The third kappa shape index (κ3) is 5.19. The fourth-order valence-corrected chi connectivity index (χ4v) is 4.80. The van der Waals surface area contributed by atoms with Crippen LogP contribution >= 0.6 is 0 Å². The fraction of sp³-hybridized carbons (Fsp3) is 0.533. The highest BCUT2D eigenvalue weighted by Crippen LogP contribution is 2.49. The van der Waals surface area contributed by atoms with Gasteiger partial charge >= 0.3 is 17.4 Å². The Bertz CT molecular complexity index is 1020. The minimum absolute atomic E-state index is 0.0906. The number of hydrogen-bond donors (Lipinski definition) is 0. The van der Waals surface area contributed by atoms with Crippen molar-refractivity contribution in [3.05, 3.63) is 28.3 Å². The molecular weight excluding hydrogens is 501 g/mol. The van der Waals surface area contributed by atoms with Gasteiger partial charge in [-0.2, -0.15) is 30.7 Å². The highest BCUT2D eigenvalue weighted by Gasteiger charge is 2.76. The second-order valence-corrected chi connectivity index (χ2v) is 9.55. The topological polar surface area (TPSA) is 115 Å². The molecule has 17 heteroatoms. The van der Waals surface area contributed by atoms with Crippen LogP contribution in [-0.4, -0.2) is 64.6 Å². The summed E-state index contributed by atoms with van der Waals surface area (Å²) >= 11 is 0. The number of nitro groups is 1. The lowest BCUT2D eigenvalue weighted by Crippen LogP contribution is -2.54. The van der Waals surface area contributed by atoms with Gasteiger partial charge in [-0.3, -0.25) is 14.9 Å². The van der Waals surface area contributed by atoms with Crippen LogP contribution in [0.25, 0.3) is 0 Å². The summed E-state index contributed by atoms with van der Waals surface area (Å²) in [5, 5.41) is 4.97. The maximum Gasteiger partial charge on any atom is 0.461 e. The normalized spacial score (nSPS) is 14.2. The molecule has 0 aliphatic rings. The van der Waals surface area contributed by atoms with Gasteiger partial charge in [0.25, 0.3) is 5.69 Å². The molecule has 182 valence electrons. The molecule has 0 bridgehead atoms. The molecule has 0 fully saturated rings. The van der Waals surface area contributed by atoms with E-state index in [1.54, 1.807) is 0 Å². The minimum atomic E-state index is -6.80. The number of carbonyl (C=O) groups excluding carboxylic acids is 1. The van der Waals surface area contributed by atoms with Crippen LogP contribution in [0.1, 0.15) is 13.8 Å². The molecule has 32 heavy (non-hydrogen) atoms. The number of alkyl halides is 7. The van der Waals surface area contributed by atoms with Crippen LogP contribution in [0.5, 0.6) is 0 Å². The van der Waals surface area contributed by atoms with Crippen LogP contribution in [0.4, 0.5) is 36.4 Å². The number of carbonyl (C=O) groups is 1. The molecule has 0 aliphatic carbocycles. The zero-order chi connectivity index (χ0) is 25.3. The van der Waals surface area contributed by atoms with Crippen molar-refractivity contribution in [3.63, 3.8) is 0 Å². The van der Waals surface area contributed by atoms with Gasteiger partial charge in [0.1, 0.15) is 21.4 Å². The van der Waals surface area contributed by atoms with E-state index in [4.69, 9.17) is 0 Å². The Hall–Kier alpha value is -2.30. The van der Waals surface area contributed by atoms with Gasteiger partial charge in [-0.05, 0) is 26.0 Å². The number of nitrogens with zero attached hydrogens (tertiary/aromatic N) is 2. The smallest absolute Gasteiger partial charge is 0.342 e. The molecule has 1 atom stereocenters. The summed E-state index contributed by atoms with van der Waals surface area (Å²) in [5.74, 6) is -9.01. The summed E-state index contributed by atoms with van der Waals surface area (Å²) in [6, 6.07) is 0.279. The zero-order valence-electron chi connectivity index (χ0n) is 16.2. The molecule has 1 aromatic carbocycles. The van der Waals surface area contributed by atoms with Gasteiger partial charge in [0.15, 0.2) is 9.84 Å². The number of rotatable bonds is 9. The average Bonchev–Trinajstić information content (AvgIpc) is 2.66. The predicted molar refractivity (Wildman–Crippen MR) is 95.4 cm³/mol. The van der Waals surface area contributed by atoms with Crippen LogP contribution in [0.15, 0.2) is 28.0 Å². The molecule has 0 saturated carbocycles. The number of halogens is 7. The zero-order valence-corrected chi connectivity index (χ0v) is 17.8. The van der Waals surface area contributed by atoms with Crippen LogP contribution in [0, 0.1) is 10.1 Å². The summed E-state index contributed by atoms with van der Waals surface area (Å²) in [6.45, 7) is 3.20. The molecule has 0 aromatic heterocycles. The van der Waals surface area contributed by atoms with Crippen molar-refractivity contribution >= 4 is 32.2 Å². The number of benzene rings is 1. The maximum absolute atomic E-state index is 13.7. The monoisotopic (exact) mass is 516 g/mol. The maximum atomic E-state index is 13.7. The van der Waals surface area contributed by atoms with Crippen LogP contribution < -0.4 is 0 Å². The molecule has 1 rings (SSSR count). The van der Waals surface area contributed by atoms with Crippen molar-refractivity contribution in [2.24, 2.45) is 0 Å². The third-order valence-corrected chi connectivity index (χ3v) is 7.11. The second kappa shape index (κ2) is 9.29. The van der Waals surface area contributed by atoms with Gasteiger partial charge in [0.05, 0.1) is 9.82 Å². The highest BCUT2D eigenvalue weighted by atomic mass is 32.2. The van der Waals surface area contributed by atoms with Gasteiger partial charge < -0.3 is 4.90 Å². The first-order valence-corrected chi connectivity index (χ1v) is 11.2. The fourth-order valence-electron chi connectivity index (χ4n) is 2.36. The van der Waals surface area contributed by atoms with E-state index in [0.29, 0.717) is 0 Å². The first-order chi connectivity index (χ1) is 14.3. The molecule has 0 heterocycles. The van der Waals surface area contributed by atoms with Crippen molar-refractivity contribution in [2.75, 3.05) is 18.8 Å². The van der Waals surface area contributed by atoms with E-state index >= 15 is 0 Å². The van der Waals surface area contributed by atoms with E-state index in [1.807, 2.05) is 0 Å². The average molecular weight is 516 g/mol. The summed E-state index contributed by atoms with van der Waals surface area (Å²) in [7, 11) is -9.25. The van der Waals surface area contributed by atoms with E-state index in [0.717, 1.165) is 4.90 Å². The Labute approximate surface area is 178 Å². The molecule has 0 aliphatic heterocycles. The Morgan fingerprint density at radius 3 is 2.00 bits per heavy atom. The summed E-state index contributed by atoms with van der Waals surface area (Å²) < 4.78 is 127. The number of amides is 1. The van der Waals surface area contributed by atoms with Crippen LogP contribution in [0.2, 0.25) is 0 Å². The van der Waals surface area contributed by atoms with E-state index in [9.17, 15) is 58.3 Å².